The van der Waals surface area contributed by atoms with E-state index in [1.807, 2.05) is 6.07 Å². The number of rotatable bonds is 4. The molecule has 24 heavy (non-hydrogen) atoms. The van der Waals surface area contributed by atoms with E-state index in [1.54, 1.807) is 43.0 Å². The van der Waals surface area contributed by atoms with E-state index < -0.39 is 11.3 Å². The van der Waals surface area contributed by atoms with Gasteiger partial charge in [0.1, 0.15) is 11.5 Å². The van der Waals surface area contributed by atoms with Gasteiger partial charge in [-0.1, -0.05) is 19.1 Å². The molecule has 1 saturated heterocycles. The van der Waals surface area contributed by atoms with Crippen LogP contribution in [0.4, 0.5) is 5.69 Å². The molecule has 128 valence electrons. The van der Waals surface area contributed by atoms with Crippen LogP contribution in [-0.2, 0) is 9.59 Å². The zero-order chi connectivity index (χ0) is 17.7. The van der Waals surface area contributed by atoms with Crippen LogP contribution < -0.4 is 5.32 Å². The van der Waals surface area contributed by atoms with Crippen molar-refractivity contribution in [2.45, 2.75) is 20.8 Å². The van der Waals surface area contributed by atoms with Crippen LogP contribution in [0, 0.1) is 16.7 Å². The Bertz CT molecular complexity index is 655. The van der Waals surface area contributed by atoms with Crippen molar-refractivity contribution >= 4 is 17.5 Å². The minimum atomic E-state index is -1.18. The molecule has 1 aliphatic heterocycles. The van der Waals surface area contributed by atoms with Crippen LogP contribution in [0.2, 0.25) is 0 Å². The summed E-state index contributed by atoms with van der Waals surface area (Å²) >= 11 is 0. The molecule has 1 heterocycles. The standard InChI is InChI=1S/C18H24N4O2/c1-4-21-9-11-22(12-10-21)17(24)18(2,3)16(23)20-15-8-6-5-7-14(15)13-19/h5-8H,4,9-12H2,1-3H3,(H,20,23). The van der Waals surface area contributed by atoms with E-state index in [0.717, 1.165) is 19.6 Å². The topological polar surface area (TPSA) is 76.4 Å². The number of hydrogen-bond donors (Lipinski definition) is 1. The van der Waals surface area contributed by atoms with Gasteiger partial charge in [0, 0.05) is 26.2 Å². The van der Waals surface area contributed by atoms with E-state index in [1.165, 1.54) is 0 Å². The number of nitriles is 1. The summed E-state index contributed by atoms with van der Waals surface area (Å²) in [6.45, 7) is 9.26. The Hall–Kier alpha value is -2.39. The van der Waals surface area contributed by atoms with Gasteiger partial charge >= 0.3 is 0 Å². The average molecular weight is 328 g/mol. The SMILES string of the molecule is CCN1CCN(C(=O)C(C)(C)C(=O)Nc2ccccc2C#N)CC1. The van der Waals surface area contributed by atoms with Crippen molar-refractivity contribution in [2.24, 2.45) is 5.41 Å². The highest BCUT2D eigenvalue weighted by molar-refractivity contribution is 6.10. The molecular formula is C18H24N4O2. The Balaban J connectivity index is 2.07. The zero-order valence-corrected chi connectivity index (χ0v) is 14.5. The minimum Gasteiger partial charge on any atom is -0.339 e. The van der Waals surface area contributed by atoms with Crippen molar-refractivity contribution in [1.29, 1.82) is 5.26 Å². The Morgan fingerprint density at radius 3 is 2.42 bits per heavy atom. The lowest BCUT2D eigenvalue weighted by molar-refractivity contribution is -0.147. The van der Waals surface area contributed by atoms with E-state index in [-0.39, 0.29) is 5.91 Å². The molecule has 0 unspecified atom stereocenters. The predicted molar refractivity (Wildman–Crippen MR) is 92.3 cm³/mol. The van der Waals surface area contributed by atoms with Crippen molar-refractivity contribution < 1.29 is 9.59 Å². The molecule has 2 amide bonds. The van der Waals surface area contributed by atoms with Crippen LogP contribution in [0.1, 0.15) is 26.3 Å². The van der Waals surface area contributed by atoms with Crippen molar-refractivity contribution in [1.82, 2.24) is 9.80 Å². The van der Waals surface area contributed by atoms with Gasteiger partial charge in [0.2, 0.25) is 11.8 Å². The number of carbonyl (C=O) groups is 2. The zero-order valence-electron chi connectivity index (χ0n) is 14.5. The fourth-order valence-electron chi connectivity index (χ4n) is 2.73. The van der Waals surface area contributed by atoms with Gasteiger partial charge in [0.15, 0.2) is 0 Å². The summed E-state index contributed by atoms with van der Waals surface area (Å²) in [6.07, 6.45) is 0. The van der Waals surface area contributed by atoms with Crippen LogP contribution in [0.25, 0.3) is 0 Å². The van der Waals surface area contributed by atoms with Crippen LogP contribution in [0.15, 0.2) is 24.3 Å². The summed E-state index contributed by atoms with van der Waals surface area (Å²) in [7, 11) is 0. The number of amides is 2. The second-order valence-corrected chi connectivity index (χ2v) is 6.46. The lowest BCUT2D eigenvalue weighted by atomic mass is 9.89. The van der Waals surface area contributed by atoms with Crippen LogP contribution in [0.3, 0.4) is 0 Å². The van der Waals surface area contributed by atoms with Gasteiger partial charge in [-0.3, -0.25) is 9.59 Å². The summed E-state index contributed by atoms with van der Waals surface area (Å²) in [5.74, 6) is -0.571. The first-order chi connectivity index (χ1) is 11.4. The Morgan fingerprint density at radius 1 is 1.21 bits per heavy atom. The van der Waals surface area contributed by atoms with Crippen LogP contribution in [0.5, 0.6) is 0 Å². The van der Waals surface area contributed by atoms with Gasteiger partial charge in [-0.2, -0.15) is 5.26 Å². The maximum Gasteiger partial charge on any atom is 0.239 e. The monoisotopic (exact) mass is 328 g/mol. The highest BCUT2D eigenvalue weighted by atomic mass is 16.2. The fourth-order valence-corrected chi connectivity index (χ4v) is 2.73. The van der Waals surface area contributed by atoms with Gasteiger partial charge in [-0.05, 0) is 32.5 Å². The lowest BCUT2D eigenvalue weighted by Crippen LogP contribution is -2.54. The number of anilines is 1. The number of para-hydroxylation sites is 1. The van der Waals surface area contributed by atoms with E-state index in [9.17, 15) is 9.59 Å². The summed E-state index contributed by atoms with van der Waals surface area (Å²) < 4.78 is 0. The number of benzene rings is 1. The second kappa shape index (κ2) is 7.45. The lowest BCUT2D eigenvalue weighted by Gasteiger charge is -2.37. The molecule has 0 radical (unpaired) electrons. The molecule has 0 saturated carbocycles. The summed E-state index contributed by atoms with van der Waals surface area (Å²) in [6, 6.07) is 8.82. The molecular weight excluding hydrogens is 304 g/mol. The van der Waals surface area contributed by atoms with Gasteiger partial charge < -0.3 is 15.1 Å². The van der Waals surface area contributed by atoms with Gasteiger partial charge in [-0.25, -0.2) is 0 Å². The third-order valence-corrected chi connectivity index (χ3v) is 4.50. The smallest absolute Gasteiger partial charge is 0.239 e. The largest absolute Gasteiger partial charge is 0.339 e. The number of hydrogen-bond acceptors (Lipinski definition) is 4. The summed E-state index contributed by atoms with van der Waals surface area (Å²) in [5, 5.41) is 11.8. The van der Waals surface area contributed by atoms with Gasteiger partial charge in [0.25, 0.3) is 0 Å². The maximum atomic E-state index is 12.8. The molecule has 6 heteroatoms. The molecule has 0 aromatic heterocycles. The molecule has 6 nitrogen and oxygen atoms in total. The molecule has 0 aliphatic carbocycles. The van der Waals surface area contributed by atoms with E-state index in [0.29, 0.717) is 24.3 Å². The minimum absolute atomic E-state index is 0.176. The Kier molecular flexibility index (Phi) is 5.58. The molecule has 0 spiro atoms. The third-order valence-electron chi connectivity index (χ3n) is 4.50. The summed E-state index contributed by atoms with van der Waals surface area (Å²) in [5.41, 5.74) is -0.371. The van der Waals surface area contributed by atoms with Crippen molar-refractivity contribution in [3.8, 4) is 6.07 Å². The fraction of sp³-hybridized carbons (Fsp3) is 0.500. The van der Waals surface area contributed by atoms with Crippen LogP contribution >= 0.6 is 0 Å². The average Bonchev–Trinajstić information content (AvgIpc) is 2.61. The first-order valence-corrected chi connectivity index (χ1v) is 8.22. The number of nitrogens with one attached hydrogen (secondary N) is 1. The first-order valence-electron chi connectivity index (χ1n) is 8.22. The molecule has 1 aromatic carbocycles. The van der Waals surface area contributed by atoms with Crippen molar-refractivity contribution in [3.05, 3.63) is 29.8 Å². The first kappa shape index (κ1) is 18.0. The highest BCUT2D eigenvalue weighted by Gasteiger charge is 2.40. The number of piperazine rings is 1. The quantitative estimate of drug-likeness (QED) is 0.853. The molecule has 2 rings (SSSR count). The molecule has 1 aromatic rings. The second-order valence-electron chi connectivity index (χ2n) is 6.46. The molecule has 1 N–H and O–H groups in total. The Morgan fingerprint density at radius 2 is 1.83 bits per heavy atom. The number of carbonyl (C=O) groups excluding carboxylic acids is 2. The van der Waals surface area contributed by atoms with Gasteiger partial charge in [0.05, 0.1) is 11.3 Å². The summed E-state index contributed by atoms with van der Waals surface area (Å²) in [4.78, 5) is 29.4. The van der Waals surface area contributed by atoms with Gasteiger partial charge in [-0.15, -0.1) is 0 Å². The maximum absolute atomic E-state index is 12.8. The third kappa shape index (κ3) is 3.74. The molecule has 0 bridgehead atoms. The number of nitrogens with zero attached hydrogens (tertiary/aromatic N) is 3. The normalized spacial score (nSPS) is 15.7. The number of likely N-dealkylation sites (N-methyl/N-ethyl adjacent to an activating group) is 1. The highest BCUT2D eigenvalue weighted by Crippen LogP contribution is 2.24. The molecule has 1 aliphatic rings. The Labute approximate surface area is 143 Å². The van der Waals surface area contributed by atoms with Crippen molar-refractivity contribution in [3.63, 3.8) is 0 Å². The van der Waals surface area contributed by atoms with Crippen molar-refractivity contribution in [2.75, 3.05) is 38.0 Å². The predicted octanol–water partition coefficient (Wildman–Crippen LogP) is 1.69. The molecule has 1 fully saturated rings. The van der Waals surface area contributed by atoms with E-state index >= 15 is 0 Å². The molecule has 0 atom stereocenters. The van der Waals surface area contributed by atoms with E-state index in [4.69, 9.17) is 5.26 Å². The van der Waals surface area contributed by atoms with E-state index in [2.05, 4.69) is 17.1 Å². The van der Waals surface area contributed by atoms with Crippen LogP contribution in [-0.4, -0.2) is 54.3 Å².